The fraction of sp³-hybridized carbons (Fsp3) is 0.250. The number of hydrogen-bond donors (Lipinski definition) is 1. The Bertz CT molecular complexity index is 528. The number of benzene rings is 2. The van der Waals surface area contributed by atoms with Gasteiger partial charge in [0.15, 0.2) is 0 Å². The number of halogens is 2. The van der Waals surface area contributed by atoms with E-state index in [4.69, 9.17) is 0 Å². The van der Waals surface area contributed by atoms with Gasteiger partial charge in [-0.25, -0.2) is 4.39 Å². The molecule has 0 amide bonds. The molecule has 0 saturated heterocycles. The molecule has 0 aliphatic carbocycles. The van der Waals surface area contributed by atoms with Crippen LogP contribution < -0.4 is 5.32 Å². The molecule has 0 aliphatic rings. The Labute approximate surface area is 122 Å². The third-order valence-electron chi connectivity index (χ3n) is 3.01. The molecule has 100 valence electrons. The van der Waals surface area contributed by atoms with E-state index in [1.807, 2.05) is 30.3 Å². The molecule has 0 aromatic heterocycles. The first-order valence-electron chi connectivity index (χ1n) is 6.45. The Morgan fingerprint density at radius 3 is 2.47 bits per heavy atom. The van der Waals surface area contributed by atoms with Crippen LogP contribution in [0.4, 0.5) is 4.39 Å². The summed E-state index contributed by atoms with van der Waals surface area (Å²) in [4.78, 5) is 0. The minimum Gasteiger partial charge on any atom is -0.306 e. The van der Waals surface area contributed by atoms with Gasteiger partial charge in [0.1, 0.15) is 5.82 Å². The molecule has 0 spiro atoms. The summed E-state index contributed by atoms with van der Waals surface area (Å²) >= 11 is 3.25. The first-order chi connectivity index (χ1) is 9.22. The van der Waals surface area contributed by atoms with Crippen LogP contribution in [0.3, 0.4) is 0 Å². The van der Waals surface area contributed by atoms with Crippen LogP contribution in [-0.4, -0.2) is 6.54 Å². The van der Waals surface area contributed by atoms with E-state index in [2.05, 4.69) is 40.3 Å². The molecular formula is C16H17BrFN. The van der Waals surface area contributed by atoms with E-state index in [0.717, 1.165) is 18.5 Å². The molecule has 1 N–H and O–H groups in total. The maximum Gasteiger partial charge on any atom is 0.137 e. The number of hydrogen-bond acceptors (Lipinski definition) is 1. The minimum absolute atomic E-state index is 0.0954. The highest BCUT2D eigenvalue weighted by Gasteiger charge is 2.14. The molecule has 0 saturated carbocycles. The number of rotatable bonds is 5. The van der Waals surface area contributed by atoms with Gasteiger partial charge >= 0.3 is 0 Å². The maximum absolute atomic E-state index is 13.3. The van der Waals surface area contributed by atoms with Crippen molar-refractivity contribution in [3.05, 3.63) is 69.9 Å². The van der Waals surface area contributed by atoms with Crippen LogP contribution in [-0.2, 0) is 0 Å². The van der Waals surface area contributed by atoms with E-state index < -0.39 is 0 Å². The quantitative estimate of drug-likeness (QED) is 0.843. The lowest BCUT2D eigenvalue weighted by Crippen LogP contribution is -2.23. The van der Waals surface area contributed by atoms with Crippen LogP contribution in [0.5, 0.6) is 0 Å². The van der Waals surface area contributed by atoms with Crippen LogP contribution in [0.25, 0.3) is 0 Å². The number of nitrogens with one attached hydrogen (secondary N) is 1. The summed E-state index contributed by atoms with van der Waals surface area (Å²) < 4.78 is 13.9. The van der Waals surface area contributed by atoms with E-state index in [1.54, 1.807) is 0 Å². The van der Waals surface area contributed by atoms with Crippen molar-refractivity contribution in [1.82, 2.24) is 5.32 Å². The molecule has 19 heavy (non-hydrogen) atoms. The van der Waals surface area contributed by atoms with Crippen LogP contribution in [0.1, 0.15) is 30.5 Å². The molecule has 0 radical (unpaired) electrons. The van der Waals surface area contributed by atoms with Gasteiger partial charge in [0.25, 0.3) is 0 Å². The largest absolute Gasteiger partial charge is 0.306 e. The highest BCUT2D eigenvalue weighted by molar-refractivity contribution is 9.10. The minimum atomic E-state index is -0.231. The lowest BCUT2D eigenvalue weighted by Gasteiger charge is -2.20. The average molecular weight is 322 g/mol. The molecule has 2 aromatic rings. The maximum atomic E-state index is 13.3. The lowest BCUT2D eigenvalue weighted by molar-refractivity contribution is 0.591. The van der Waals surface area contributed by atoms with E-state index in [0.29, 0.717) is 4.47 Å². The van der Waals surface area contributed by atoms with Gasteiger partial charge in [-0.3, -0.25) is 0 Å². The zero-order chi connectivity index (χ0) is 13.7. The third kappa shape index (κ3) is 3.64. The van der Waals surface area contributed by atoms with Crippen molar-refractivity contribution in [3.63, 3.8) is 0 Å². The molecular weight excluding hydrogens is 305 g/mol. The summed E-state index contributed by atoms with van der Waals surface area (Å²) in [7, 11) is 0. The van der Waals surface area contributed by atoms with Gasteiger partial charge in [-0.05, 0) is 52.2 Å². The summed E-state index contributed by atoms with van der Waals surface area (Å²) in [5.74, 6) is -0.231. The molecule has 1 atom stereocenters. The SMILES string of the molecule is CCCNC(c1ccccc1)c1ccc(F)c(Br)c1. The third-order valence-corrected chi connectivity index (χ3v) is 3.62. The second kappa shape index (κ2) is 6.83. The van der Waals surface area contributed by atoms with Crippen molar-refractivity contribution < 1.29 is 4.39 Å². The van der Waals surface area contributed by atoms with Crippen LogP contribution in [0, 0.1) is 5.82 Å². The Balaban J connectivity index is 2.34. The normalized spacial score (nSPS) is 12.4. The first-order valence-corrected chi connectivity index (χ1v) is 7.25. The van der Waals surface area contributed by atoms with Crippen molar-refractivity contribution in [3.8, 4) is 0 Å². The molecule has 1 unspecified atom stereocenters. The summed E-state index contributed by atoms with van der Waals surface area (Å²) in [5, 5.41) is 3.51. The fourth-order valence-electron chi connectivity index (χ4n) is 2.05. The fourth-order valence-corrected chi connectivity index (χ4v) is 2.45. The summed E-state index contributed by atoms with van der Waals surface area (Å²) in [6.45, 7) is 3.06. The average Bonchev–Trinajstić information content (AvgIpc) is 2.44. The monoisotopic (exact) mass is 321 g/mol. The van der Waals surface area contributed by atoms with Gasteiger partial charge in [-0.15, -0.1) is 0 Å². The van der Waals surface area contributed by atoms with Gasteiger partial charge in [0.05, 0.1) is 10.5 Å². The van der Waals surface area contributed by atoms with Gasteiger partial charge in [-0.1, -0.05) is 43.3 Å². The molecule has 2 rings (SSSR count). The van der Waals surface area contributed by atoms with Gasteiger partial charge in [-0.2, -0.15) is 0 Å². The highest BCUT2D eigenvalue weighted by Crippen LogP contribution is 2.26. The van der Waals surface area contributed by atoms with Crippen molar-refractivity contribution in [1.29, 1.82) is 0 Å². The summed E-state index contributed by atoms with van der Waals surface area (Å²) in [5.41, 5.74) is 2.25. The van der Waals surface area contributed by atoms with Crippen molar-refractivity contribution >= 4 is 15.9 Å². The molecule has 3 heteroatoms. The molecule has 2 aromatic carbocycles. The molecule has 0 bridgehead atoms. The van der Waals surface area contributed by atoms with Gasteiger partial charge in [0.2, 0.25) is 0 Å². The predicted octanol–water partition coefficient (Wildman–Crippen LogP) is 4.68. The standard InChI is InChI=1S/C16H17BrFN/c1-2-10-19-16(12-6-4-3-5-7-12)13-8-9-15(18)14(17)11-13/h3-9,11,16,19H,2,10H2,1H3. The zero-order valence-electron chi connectivity index (χ0n) is 10.9. The van der Waals surface area contributed by atoms with Crippen molar-refractivity contribution in [2.45, 2.75) is 19.4 Å². The zero-order valence-corrected chi connectivity index (χ0v) is 12.5. The van der Waals surface area contributed by atoms with Gasteiger partial charge in [0, 0.05) is 0 Å². The Kier molecular flexibility index (Phi) is 5.11. The first kappa shape index (κ1) is 14.2. The highest BCUT2D eigenvalue weighted by atomic mass is 79.9. The van der Waals surface area contributed by atoms with E-state index in [9.17, 15) is 4.39 Å². The second-order valence-corrected chi connectivity index (χ2v) is 5.33. The topological polar surface area (TPSA) is 12.0 Å². The van der Waals surface area contributed by atoms with Gasteiger partial charge < -0.3 is 5.32 Å². The molecule has 0 aliphatic heterocycles. The van der Waals surface area contributed by atoms with E-state index in [-0.39, 0.29) is 11.9 Å². The van der Waals surface area contributed by atoms with Crippen LogP contribution in [0.2, 0.25) is 0 Å². The van der Waals surface area contributed by atoms with Crippen molar-refractivity contribution in [2.24, 2.45) is 0 Å². The molecule has 0 heterocycles. The summed E-state index contributed by atoms with van der Waals surface area (Å²) in [6, 6.07) is 15.5. The van der Waals surface area contributed by atoms with Crippen LogP contribution in [0.15, 0.2) is 53.0 Å². The Morgan fingerprint density at radius 1 is 1.11 bits per heavy atom. The summed E-state index contributed by atoms with van der Waals surface area (Å²) in [6.07, 6.45) is 1.06. The lowest BCUT2D eigenvalue weighted by atomic mass is 9.98. The Morgan fingerprint density at radius 2 is 1.84 bits per heavy atom. The van der Waals surface area contributed by atoms with Crippen molar-refractivity contribution in [2.75, 3.05) is 6.54 Å². The molecule has 1 nitrogen and oxygen atoms in total. The molecule has 0 fully saturated rings. The van der Waals surface area contributed by atoms with E-state index >= 15 is 0 Å². The van der Waals surface area contributed by atoms with E-state index in [1.165, 1.54) is 11.6 Å². The second-order valence-electron chi connectivity index (χ2n) is 4.47. The predicted molar refractivity (Wildman–Crippen MR) is 80.7 cm³/mol. The van der Waals surface area contributed by atoms with Crippen LogP contribution >= 0.6 is 15.9 Å². The smallest absolute Gasteiger partial charge is 0.137 e. The Hall–Kier alpha value is -1.19.